The minimum atomic E-state index is -1.04. The number of aryl methyl sites for hydroxylation is 1. The Balaban J connectivity index is 1.54. The lowest BCUT2D eigenvalue weighted by Crippen LogP contribution is -2.64. The van der Waals surface area contributed by atoms with Crippen LogP contribution < -0.4 is 5.32 Å². The third-order valence-corrected chi connectivity index (χ3v) is 7.13. The molecule has 2 aliphatic rings. The smallest absolute Gasteiger partial charge is 0.271 e. The van der Waals surface area contributed by atoms with Gasteiger partial charge in [0.1, 0.15) is 17.0 Å². The molecule has 5 rings (SSSR count). The lowest BCUT2D eigenvalue weighted by atomic mass is 9.91. The second-order valence-corrected chi connectivity index (χ2v) is 9.76. The van der Waals surface area contributed by atoms with Crippen LogP contribution in [0, 0.1) is 6.92 Å². The Labute approximate surface area is 192 Å². The summed E-state index contributed by atoms with van der Waals surface area (Å²) >= 11 is 6.20. The van der Waals surface area contributed by atoms with Crippen LogP contribution >= 0.6 is 11.6 Å². The number of rotatable bonds is 4. The zero-order valence-corrected chi connectivity index (χ0v) is 19.2. The number of amides is 2. The highest BCUT2D eigenvalue weighted by Gasteiger charge is 2.48. The molecule has 2 amide bonds. The standard InChI is InChI=1S/C25H28ClN3O3/c1-16-11-20-22(32-16)13-21-23(30)29(14-17-7-6-8-18(26)12-17)25(2,15-28(20)21)24(31)27-19-9-4-3-5-10-19/h6-8,11-13,19H,3-5,9-10,14-15H2,1-2H3,(H,27,31). The van der Waals surface area contributed by atoms with Gasteiger partial charge in [0.15, 0.2) is 5.58 Å². The van der Waals surface area contributed by atoms with Crippen LogP contribution in [0.15, 0.2) is 40.8 Å². The Bertz CT molecular complexity index is 1190. The summed E-state index contributed by atoms with van der Waals surface area (Å²) in [5.74, 6) is 0.501. The molecule has 1 unspecified atom stereocenters. The topological polar surface area (TPSA) is 67.5 Å². The van der Waals surface area contributed by atoms with Crippen molar-refractivity contribution in [2.24, 2.45) is 0 Å². The first-order valence-corrected chi connectivity index (χ1v) is 11.7. The monoisotopic (exact) mass is 453 g/mol. The van der Waals surface area contributed by atoms with E-state index < -0.39 is 5.54 Å². The molecule has 0 saturated heterocycles. The van der Waals surface area contributed by atoms with E-state index in [1.54, 1.807) is 17.0 Å². The van der Waals surface area contributed by atoms with Gasteiger partial charge in [0.25, 0.3) is 5.91 Å². The number of hydrogen-bond acceptors (Lipinski definition) is 3. The number of aromatic nitrogens is 1. The zero-order valence-electron chi connectivity index (χ0n) is 18.5. The molecular weight excluding hydrogens is 426 g/mol. The first-order chi connectivity index (χ1) is 15.3. The van der Waals surface area contributed by atoms with Crippen LogP contribution in [0.4, 0.5) is 0 Å². The number of fused-ring (bicyclic) bond motifs is 3. The van der Waals surface area contributed by atoms with Crippen molar-refractivity contribution < 1.29 is 14.0 Å². The van der Waals surface area contributed by atoms with Crippen molar-refractivity contribution in [1.29, 1.82) is 0 Å². The van der Waals surface area contributed by atoms with E-state index in [4.69, 9.17) is 16.0 Å². The predicted octanol–water partition coefficient (Wildman–Crippen LogP) is 5.06. The number of nitrogens with one attached hydrogen (secondary N) is 1. The maximum absolute atomic E-state index is 13.7. The first kappa shape index (κ1) is 21.1. The van der Waals surface area contributed by atoms with Gasteiger partial charge in [-0.25, -0.2) is 0 Å². The normalized spacial score (nSPS) is 21.7. The van der Waals surface area contributed by atoms with Gasteiger partial charge >= 0.3 is 0 Å². The number of hydrogen-bond donors (Lipinski definition) is 1. The number of carbonyl (C=O) groups is 2. The van der Waals surface area contributed by atoms with E-state index in [-0.39, 0.29) is 17.9 Å². The van der Waals surface area contributed by atoms with Gasteiger partial charge in [0.2, 0.25) is 5.91 Å². The molecule has 0 spiro atoms. The minimum absolute atomic E-state index is 0.104. The molecule has 6 nitrogen and oxygen atoms in total. The van der Waals surface area contributed by atoms with Gasteiger partial charge in [-0.3, -0.25) is 9.59 Å². The van der Waals surface area contributed by atoms with Gasteiger partial charge in [-0.05, 0) is 44.4 Å². The third kappa shape index (κ3) is 3.60. The Morgan fingerprint density at radius 3 is 2.75 bits per heavy atom. The highest BCUT2D eigenvalue weighted by molar-refractivity contribution is 6.30. The van der Waals surface area contributed by atoms with Crippen LogP contribution in [0.25, 0.3) is 11.1 Å². The number of halogens is 1. The Kier molecular flexibility index (Phi) is 5.28. The van der Waals surface area contributed by atoms with E-state index >= 15 is 0 Å². The summed E-state index contributed by atoms with van der Waals surface area (Å²) in [5, 5.41) is 3.87. The van der Waals surface area contributed by atoms with Crippen LogP contribution in [0.3, 0.4) is 0 Å². The van der Waals surface area contributed by atoms with E-state index in [2.05, 4.69) is 5.32 Å². The van der Waals surface area contributed by atoms with E-state index in [9.17, 15) is 9.59 Å². The molecule has 0 radical (unpaired) electrons. The van der Waals surface area contributed by atoms with Gasteiger partial charge in [-0.1, -0.05) is 43.0 Å². The zero-order chi connectivity index (χ0) is 22.5. The molecule has 32 heavy (non-hydrogen) atoms. The van der Waals surface area contributed by atoms with Crippen molar-refractivity contribution in [3.8, 4) is 0 Å². The molecule has 0 bridgehead atoms. The fraction of sp³-hybridized carbons (Fsp3) is 0.440. The fourth-order valence-electron chi connectivity index (χ4n) is 5.11. The van der Waals surface area contributed by atoms with Crippen LogP contribution in [-0.4, -0.2) is 32.9 Å². The van der Waals surface area contributed by atoms with Crippen LogP contribution in [-0.2, 0) is 17.9 Å². The average Bonchev–Trinajstić information content (AvgIpc) is 3.28. The molecule has 1 aliphatic carbocycles. The van der Waals surface area contributed by atoms with Crippen LogP contribution in [0.1, 0.15) is 60.8 Å². The highest BCUT2D eigenvalue weighted by Crippen LogP contribution is 2.35. The van der Waals surface area contributed by atoms with Crippen molar-refractivity contribution in [1.82, 2.24) is 14.8 Å². The molecule has 1 atom stereocenters. The molecule has 1 saturated carbocycles. The Morgan fingerprint density at radius 2 is 2.00 bits per heavy atom. The van der Waals surface area contributed by atoms with Gasteiger partial charge in [-0.2, -0.15) is 0 Å². The molecule has 2 aromatic heterocycles. The Hall–Kier alpha value is -2.73. The van der Waals surface area contributed by atoms with E-state index in [1.165, 1.54) is 6.42 Å². The number of nitrogens with zero attached hydrogens (tertiary/aromatic N) is 2. The van der Waals surface area contributed by atoms with Crippen LogP contribution in [0.2, 0.25) is 5.02 Å². The summed E-state index contributed by atoms with van der Waals surface area (Å²) in [6.07, 6.45) is 5.45. The average molecular weight is 454 g/mol. The van der Waals surface area contributed by atoms with Gasteiger partial charge < -0.3 is 19.2 Å². The Morgan fingerprint density at radius 1 is 1.22 bits per heavy atom. The number of benzene rings is 1. The van der Waals surface area contributed by atoms with Crippen molar-refractivity contribution in [2.75, 3.05) is 0 Å². The molecule has 1 N–H and O–H groups in total. The largest absolute Gasteiger partial charge is 0.460 e. The first-order valence-electron chi connectivity index (χ1n) is 11.3. The molecule has 7 heteroatoms. The van der Waals surface area contributed by atoms with E-state index in [0.29, 0.717) is 29.4 Å². The van der Waals surface area contributed by atoms with Gasteiger partial charge in [0.05, 0.1) is 12.1 Å². The summed E-state index contributed by atoms with van der Waals surface area (Å²) in [4.78, 5) is 29.1. The summed E-state index contributed by atoms with van der Waals surface area (Å²) in [6, 6.07) is 11.3. The summed E-state index contributed by atoms with van der Waals surface area (Å²) in [7, 11) is 0. The highest BCUT2D eigenvalue weighted by atomic mass is 35.5. The molecule has 1 aliphatic heterocycles. The van der Waals surface area contributed by atoms with Crippen molar-refractivity contribution in [3.05, 3.63) is 58.4 Å². The van der Waals surface area contributed by atoms with Gasteiger partial charge in [0, 0.05) is 29.7 Å². The third-order valence-electron chi connectivity index (χ3n) is 6.90. The number of furan rings is 1. The maximum atomic E-state index is 13.7. The molecule has 168 valence electrons. The second kappa shape index (κ2) is 8.00. The predicted molar refractivity (Wildman–Crippen MR) is 124 cm³/mol. The fourth-order valence-corrected chi connectivity index (χ4v) is 5.33. The lowest BCUT2D eigenvalue weighted by molar-refractivity contribution is -0.134. The molecule has 3 heterocycles. The van der Waals surface area contributed by atoms with Crippen LogP contribution in [0.5, 0.6) is 0 Å². The maximum Gasteiger partial charge on any atom is 0.271 e. The molecule has 1 aromatic carbocycles. The summed E-state index contributed by atoms with van der Waals surface area (Å²) in [5.41, 5.74) is 1.92. The summed E-state index contributed by atoms with van der Waals surface area (Å²) < 4.78 is 7.71. The van der Waals surface area contributed by atoms with Gasteiger partial charge in [-0.15, -0.1) is 0 Å². The lowest BCUT2D eigenvalue weighted by Gasteiger charge is -2.44. The SMILES string of the molecule is Cc1cc2c(cc3n2CC(C)(C(=O)NC2CCCCC2)N(Cc2cccc(Cl)c2)C3=O)o1. The van der Waals surface area contributed by atoms with E-state index in [1.807, 2.05) is 42.7 Å². The van der Waals surface area contributed by atoms with Crippen molar-refractivity contribution in [2.45, 2.75) is 70.6 Å². The molecule has 3 aromatic rings. The van der Waals surface area contributed by atoms with Crippen molar-refractivity contribution >= 4 is 34.5 Å². The second-order valence-electron chi connectivity index (χ2n) is 9.33. The molecule has 1 fully saturated rings. The quantitative estimate of drug-likeness (QED) is 0.600. The minimum Gasteiger partial charge on any atom is -0.460 e. The summed E-state index contributed by atoms with van der Waals surface area (Å²) in [6.45, 7) is 4.43. The van der Waals surface area contributed by atoms with E-state index in [0.717, 1.165) is 42.5 Å². The number of carbonyl (C=O) groups excluding carboxylic acids is 2. The van der Waals surface area contributed by atoms with Crippen molar-refractivity contribution in [3.63, 3.8) is 0 Å². The molecular formula is C25H28ClN3O3.